The van der Waals surface area contributed by atoms with Gasteiger partial charge in [-0.05, 0) is 45.6 Å². The molecule has 1 aliphatic rings. The van der Waals surface area contributed by atoms with Gasteiger partial charge < -0.3 is 19.5 Å². The Morgan fingerprint density at radius 1 is 1.07 bits per heavy atom. The highest BCUT2D eigenvalue weighted by molar-refractivity contribution is 5.94. The van der Waals surface area contributed by atoms with Crippen LogP contribution in [-0.2, 0) is 0 Å². The summed E-state index contributed by atoms with van der Waals surface area (Å²) in [5.41, 5.74) is 0.529. The molecule has 0 saturated heterocycles. The molecular weight excluding hydrogens is 360 g/mol. The number of hydrogen-bond donors (Lipinski definition) is 1. The summed E-state index contributed by atoms with van der Waals surface area (Å²) in [5, 5.41) is 3.07. The van der Waals surface area contributed by atoms with Crippen molar-refractivity contribution >= 4 is 5.91 Å². The largest absolute Gasteiger partial charge is 0.480 e. The molecule has 3 rings (SSSR count). The second kappa shape index (κ2) is 9.34. The Hall–Kier alpha value is -2.90. The minimum atomic E-state index is -0.119. The summed E-state index contributed by atoms with van der Waals surface area (Å²) in [7, 11) is 1.54. The number of carbonyl (C=O) groups is 1. The average Bonchev–Trinajstić information content (AvgIpc) is 2.69. The first kappa shape index (κ1) is 19.9. The van der Waals surface area contributed by atoms with Crippen molar-refractivity contribution in [3.05, 3.63) is 36.3 Å². The van der Waals surface area contributed by atoms with E-state index in [1.54, 1.807) is 31.6 Å². The molecule has 0 aliphatic heterocycles. The zero-order valence-corrected chi connectivity index (χ0v) is 16.4. The summed E-state index contributed by atoms with van der Waals surface area (Å²) in [5.74, 6) is 1.29. The van der Waals surface area contributed by atoms with Crippen LogP contribution >= 0.6 is 0 Å². The smallest absolute Gasteiger partial charge is 0.253 e. The minimum Gasteiger partial charge on any atom is -0.480 e. The van der Waals surface area contributed by atoms with Crippen LogP contribution in [0.15, 0.2) is 30.7 Å². The lowest BCUT2D eigenvalue weighted by Gasteiger charge is -2.29. The number of carbonyl (C=O) groups excluding carboxylic acids is 1. The molecule has 2 aromatic rings. The van der Waals surface area contributed by atoms with Crippen LogP contribution in [0, 0.1) is 0 Å². The first-order valence-corrected chi connectivity index (χ1v) is 9.49. The number of nitrogens with zero attached hydrogens (tertiary/aromatic N) is 3. The summed E-state index contributed by atoms with van der Waals surface area (Å²) in [6, 6.07) is 3.57. The molecule has 8 nitrogen and oxygen atoms in total. The molecule has 8 heteroatoms. The van der Waals surface area contributed by atoms with Crippen LogP contribution in [0.3, 0.4) is 0 Å². The van der Waals surface area contributed by atoms with E-state index in [4.69, 9.17) is 14.2 Å². The van der Waals surface area contributed by atoms with E-state index in [-0.39, 0.29) is 24.2 Å². The third kappa shape index (κ3) is 5.55. The number of aromatic nitrogens is 3. The number of amides is 1. The van der Waals surface area contributed by atoms with Crippen molar-refractivity contribution in [2.24, 2.45) is 0 Å². The van der Waals surface area contributed by atoms with Gasteiger partial charge in [0.1, 0.15) is 6.10 Å². The van der Waals surface area contributed by atoms with Crippen LogP contribution in [0.2, 0.25) is 0 Å². The van der Waals surface area contributed by atoms with Crippen LogP contribution in [0.5, 0.6) is 17.6 Å². The van der Waals surface area contributed by atoms with Gasteiger partial charge in [-0.1, -0.05) is 0 Å². The van der Waals surface area contributed by atoms with Crippen molar-refractivity contribution in [1.29, 1.82) is 0 Å². The highest BCUT2D eigenvalue weighted by Gasteiger charge is 2.24. The molecule has 0 radical (unpaired) electrons. The van der Waals surface area contributed by atoms with Gasteiger partial charge in [-0.2, -0.15) is 4.98 Å². The van der Waals surface area contributed by atoms with Gasteiger partial charge in [0.15, 0.2) is 0 Å². The van der Waals surface area contributed by atoms with Gasteiger partial charge in [0.25, 0.3) is 5.91 Å². The summed E-state index contributed by atoms with van der Waals surface area (Å²) in [6.07, 6.45) is 8.13. The van der Waals surface area contributed by atoms with E-state index in [1.807, 2.05) is 13.8 Å². The van der Waals surface area contributed by atoms with Crippen LogP contribution in [0.4, 0.5) is 0 Å². The van der Waals surface area contributed by atoms with Crippen molar-refractivity contribution in [3.63, 3.8) is 0 Å². The molecule has 1 N–H and O–H groups in total. The van der Waals surface area contributed by atoms with Gasteiger partial charge in [-0.15, -0.1) is 0 Å². The van der Waals surface area contributed by atoms with Crippen molar-refractivity contribution in [2.45, 2.75) is 57.8 Å². The van der Waals surface area contributed by atoms with E-state index in [9.17, 15) is 4.79 Å². The van der Waals surface area contributed by atoms with Gasteiger partial charge in [-0.25, -0.2) is 4.98 Å². The fourth-order valence-corrected chi connectivity index (χ4v) is 3.08. The highest BCUT2D eigenvalue weighted by atomic mass is 16.5. The molecular formula is C20H26N4O4. The highest BCUT2D eigenvalue weighted by Crippen LogP contribution is 2.24. The summed E-state index contributed by atoms with van der Waals surface area (Å²) < 4.78 is 16.4. The van der Waals surface area contributed by atoms with Crippen LogP contribution < -0.4 is 19.5 Å². The van der Waals surface area contributed by atoms with Gasteiger partial charge in [0, 0.05) is 18.3 Å². The normalized spacial score (nSPS) is 19.1. The van der Waals surface area contributed by atoms with E-state index < -0.39 is 0 Å². The number of nitrogens with one attached hydrogen (secondary N) is 1. The average molecular weight is 386 g/mol. The quantitative estimate of drug-likeness (QED) is 0.782. The monoisotopic (exact) mass is 386 g/mol. The molecule has 2 heterocycles. The van der Waals surface area contributed by atoms with Gasteiger partial charge in [0.2, 0.25) is 17.6 Å². The second-order valence-corrected chi connectivity index (χ2v) is 7.02. The van der Waals surface area contributed by atoms with Gasteiger partial charge in [-0.3, -0.25) is 9.78 Å². The summed E-state index contributed by atoms with van der Waals surface area (Å²) in [6.45, 7) is 3.87. The van der Waals surface area contributed by atoms with E-state index in [2.05, 4.69) is 20.3 Å². The molecule has 1 fully saturated rings. The van der Waals surface area contributed by atoms with E-state index in [0.717, 1.165) is 25.7 Å². The Balaban J connectivity index is 1.46. The molecule has 1 saturated carbocycles. The van der Waals surface area contributed by atoms with E-state index in [0.29, 0.717) is 23.2 Å². The van der Waals surface area contributed by atoms with Gasteiger partial charge >= 0.3 is 0 Å². The lowest BCUT2D eigenvalue weighted by molar-refractivity contribution is 0.0888. The van der Waals surface area contributed by atoms with Crippen LogP contribution in [0.25, 0.3) is 0 Å². The first-order chi connectivity index (χ1) is 13.5. The molecule has 0 spiro atoms. The molecule has 0 atom stereocenters. The molecule has 28 heavy (non-hydrogen) atoms. The Morgan fingerprint density at radius 2 is 1.82 bits per heavy atom. The second-order valence-electron chi connectivity index (χ2n) is 7.02. The third-order valence-corrected chi connectivity index (χ3v) is 4.45. The summed E-state index contributed by atoms with van der Waals surface area (Å²) in [4.78, 5) is 24.9. The van der Waals surface area contributed by atoms with E-state index in [1.165, 1.54) is 6.20 Å². The number of hydrogen-bond acceptors (Lipinski definition) is 7. The lowest BCUT2D eigenvalue weighted by Crippen LogP contribution is -2.39. The third-order valence-electron chi connectivity index (χ3n) is 4.45. The summed E-state index contributed by atoms with van der Waals surface area (Å²) >= 11 is 0. The Morgan fingerprint density at radius 3 is 2.46 bits per heavy atom. The predicted octanol–water partition coefficient (Wildman–Crippen LogP) is 2.79. The lowest BCUT2D eigenvalue weighted by atomic mass is 9.93. The number of ether oxygens (including phenoxy) is 3. The molecule has 1 amide bonds. The van der Waals surface area contributed by atoms with Crippen molar-refractivity contribution in [1.82, 2.24) is 20.3 Å². The van der Waals surface area contributed by atoms with Crippen LogP contribution in [0.1, 0.15) is 49.9 Å². The number of methoxy groups -OCH3 is 1. The molecule has 1 aliphatic carbocycles. The van der Waals surface area contributed by atoms with Crippen molar-refractivity contribution in [3.8, 4) is 17.6 Å². The zero-order valence-electron chi connectivity index (χ0n) is 16.4. The maximum atomic E-state index is 12.4. The minimum absolute atomic E-state index is 0.0486. The van der Waals surface area contributed by atoms with Gasteiger partial charge in [0.05, 0.1) is 31.2 Å². The fraction of sp³-hybridized carbons (Fsp3) is 0.500. The maximum Gasteiger partial charge on any atom is 0.253 e. The molecule has 0 unspecified atom stereocenters. The Kier molecular flexibility index (Phi) is 6.62. The molecule has 2 aromatic heterocycles. The molecule has 0 bridgehead atoms. The molecule has 150 valence electrons. The number of pyridine rings is 1. The molecule has 0 aromatic carbocycles. The number of rotatable bonds is 7. The van der Waals surface area contributed by atoms with E-state index >= 15 is 0 Å². The zero-order chi connectivity index (χ0) is 19.9. The first-order valence-electron chi connectivity index (χ1n) is 9.49. The maximum absolute atomic E-state index is 12.4. The van der Waals surface area contributed by atoms with Crippen molar-refractivity contribution in [2.75, 3.05) is 7.11 Å². The van der Waals surface area contributed by atoms with Crippen LogP contribution in [-0.4, -0.2) is 46.2 Å². The standard InChI is InChI=1S/C20H26N4O4/c1-13(2)27-17-9-4-14(10-22-17)20(25)23-15-5-7-16(8-6-15)28-19-12-21-11-18(24-19)26-3/h4,9-13,15-16H,5-8H2,1-3H3,(H,23,25). The predicted molar refractivity (Wildman–Crippen MR) is 103 cm³/mol. The fourth-order valence-electron chi connectivity index (χ4n) is 3.08. The van der Waals surface area contributed by atoms with Crippen molar-refractivity contribution < 1.29 is 19.0 Å². The Bertz CT molecular complexity index is 774. The Labute approximate surface area is 164 Å². The SMILES string of the molecule is COc1cncc(OC2CCC(NC(=O)c3ccc(OC(C)C)nc3)CC2)n1. The topological polar surface area (TPSA) is 95.5 Å².